The second-order valence-electron chi connectivity index (χ2n) is 6.48. The lowest BCUT2D eigenvalue weighted by Gasteiger charge is -2.21. The zero-order valence-electron chi connectivity index (χ0n) is 14.4. The minimum Gasteiger partial charge on any atom is -0.497 e. The lowest BCUT2D eigenvalue weighted by molar-refractivity contribution is 0.239. The quantitative estimate of drug-likeness (QED) is 0.762. The molecule has 4 rings (SSSR count). The number of hydrogen-bond donors (Lipinski definition) is 2. The van der Waals surface area contributed by atoms with Gasteiger partial charge < -0.3 is 9.72 Å². The molecule has 3 aromatic rings. The molecular weight excluding hydrogens is 318 g/mol. The van der Waals surface area contributed by atoms with E-state index >= 15 is 0 Å². The maximum absolute atomic E-state index is 12.5. The molecule has 1 fully saturated rings. The zero-order valence-corrected chi connectivity index (χ0v) is 14.4. The van der Waals surface area contributed by atoms with Gasteiger partial charge in [-0.3, -0.25) is 14.8 Å². The van der Waals surface area contributed by atoms with Crippen molar-refractivity contribution in [3.8, 4) is 5.75 Å². The Labute approximate surface area is 145 Å². The lowest BCUT2D eigenvalue weighted by atomic mass is 10.1. The molecule has 1 aromatic carbocycles. The van der Waals surface area contributed by atoms with E-state index in [-0.39, 0.29) is 11.6 Å². The van der Waals surface area contributed by atoms with E-state index in [2.05, 4.69) is 25.1 Å². The van der Waals surface area contributed by atoms with Gasteiger partial charge >= 0.3 is 0 Å². The van der Waals surface area contributed by atoms with E-state index in [1.807, 2.05) is 31.2 Å². The number of ether oxygens (including phenoxy) is 1. The highest BCUT2D eigenvalue weighted by molar-refractivity contribution is 5.80. The highest BCUT2D eigenvalue weighted by Gasteiger charge is 2.29. The Kier molecular flexibility index (Phi) is 4.01. The molecule has 0 radical (unpaired) electrons. The van der Waals surface area contributed by atoms with E-state index in [9.17, 15) is 4.79 Å². The van der Waals surface area contributed by atoms with Crippen molar-refractivity contribution in [2.45, 2.75) is 32.4 Å². The summed E-state index contributed by atoms with van der Waals surface area (Å²) in [4.78, 5) is 22.2. The molecule has 25 heavy (non-hydrogen) atoms. The van der Waals surface area contributed by atoms with E-state index in [1.54, 1.807) is 7.11 Å². The molecule has 7 nitrogen and oxygen atoms in total. The van der Waals surface area contributed by atoms with Crippen molar-refractivity contribution in [2.24, 2.45) is 0 Å². The molecule has 1 atom stereocenters. The van der Waals surface area contributed by atoms with E-state index in [0.717, 1.165) is 53.3 Å². The van der Waals surface area contributed by atoms with Crippen LogP contribution in [0.4, 0.5) is 0 Å². The Balaban J connectivity index is 1.65. The van der Waals surface area contributed by atoms with Gasteiger partial charge in [-0.15, -0.1) is 0 Å². The molecule has 2 N–H and O–H groups in total. The van der Waals surface area contributed by atoms with Gasteiger partial charge in [0.25, 0.3) is 5.56 Å². The molecule has 0 bridgehead atoms. The topological polar surface area (TPSA) is 86.9 Å². The Morgan fingerprint density at radius 3 is 3.00 bits per heavy atom. The first-order chi connectivity index (χ1) is 12.1. The van der Waals surface area contributed by atoms with Crippen LogP contribution in [0.5, 0.6) is 5.75 Å². The van der Waals surface area contributed by atoms with Crippen LogP contribution >= 0.6 is 0 Å². The fourth-order valence-electron chi connectivity index (χ4n) is 3.51. The molecule has 2 aromatic heterocycles. The fourth-order valence-corrected chi connectivity index (χ4v) is 3.51. The summed E-state index contributed by atoms with van der Waals surface area (Å²) in [6.45, 7) is 3.42. The van der Waals surface area contributed by atoms with Crippen LogP contribution in [0.25, 0.3) is 10.9 Å². The number of H-pyrrole nitrogens is 2. The number of hydrogen-bond acceptors (Lipinski definition) is 5. The van der Waals surface area contributed by atoms with Crippen LogP contribution < -0.4 is 10.3 Å². The average Bonchev–Trinajstić information content (AvgIpc) is 3.23. The number of rotatable bonds is 4. The molecule has 7 heteroatoms. The SMILES string of the molecule is COc1ccc2[nH]c(=O)c(CN3CCC[C@@H]3c3n[nH]c(C)n3)cc2c1. The first kappa shape index (κ1) is 15.8. The van der Waals surface area contributed by atoms with Crippen molar-refractivity contribution >= 4 is 10.9 Å². The molecule has 130 valence electrons. The number of methoxy groups -OCH3 is 1. The van der Waals surface area contributed by atoms with E-state index in [0.29, 0.717) is 6.54 Å². The molecule has 0 saturated carbocycles. The molecule has 0 unspecified atom stereocenters. The number of aryl methyl sites for hydroxylation is 1. The predicted molar refractivity (Wildman–Crippen MR) is 94.6 cm³/mol. The number of pyridine rings is 1. The van der Waals surface area contributed by atoms with Crippen molar-refractivity contribution in [1.29, 1.82) is 0 Å². The highest BCUT2D eigenvalue weighted by Crippen LogP contribution is 2.31. The maximum atomic E-state index is 12.5. The van der Waals surface area contributed by atoms with Gasteiger partial charge in [0.2, 0.25) is 0 Å². The molecular formula is C18H21N5O2. The van der Waals surface area contributed by atoms with Crippen LogP contribution in [0.2, 0.25) is 0 Å². The molecule has 0 aliphatic carbocycles. The number of aromatic nitrogens is 4. The number of nitrogens with one attached hydrogen (secondary N) is 2. The van der Waals surface area contributed by atoms with Gasteiger partial charge in [-0.2, -0.15) is 5.10 Å². The van der Waals surface area contributed by atoms with Gasteiger partial charge in [0, 0.05) is 23.0 Å². The smallest absolute Gasteiger partial charge is 0.252 e. The van der Waals surface area contributed by atoms with Crippen molar-refractivity contribution in [2.75, 3.05) is 13.7 Å². The van der Waals surface area contributed by atoms with E-state index < -0.39 is 0 Å². The van der Waals surface area contributed by atoms with Gasteiger partial charge in [-0.05, 0) is 50.6 Å². The Morgan fingerprint density at radius 1 is 1.36 bits per heavy atom. The predicted octanol–water partition coefficient (Wildman–Crippen LogP) is 2.30. The monoisotopic (exact) mass is 339 g/mol. The maximum Gasteiger partial charge on any atom is 0.252 e. The summed E-state index contributed by atoms with van der Waals surface area (Å²) >= 11 is 0. The summed E-state index contributed by atoms with van der Waals surface area (Å²) in [5.74, 6) is 2.41. The summed E-state index contributed by atoms with van der Waals surface area (Å²) in [6.07, 6.45) is 2.09. The van der Waals surface area contributed by atoms with Crippen LogP contribution in [0.1, 0.15) is 36.1 Å². The normalized spacial score (nSPS) is 18.1. The van der Waals surface area contributed by atoms with Gasteiger partial charge in [0.05, 0.1) is 13.2 Å². The van der Waals surface area contributed by atoms with Crippen LogP contribution in [0, 0.1) is 6.92 Å². The molecule has 3 heterocycles. The molecule has 1 saturated heterocycles. The van der Waals surface area contributed by atoms with Crippen molar-refractivity contribution in [3.63, 3.8) is 0 Å². The van der Waals surface area contributed by atoms with E-state index in [4.69, 9.17) is 4.74 Å². The largest absolute Gasteiger partial charge is 0.497 e. The Bertz CT molecular complexity index is 961. The third kappa shape index (κ3) is 3.02. The summed E-state index contributed by atoms with van der Waals surface area (Å²) in [6, 6.07) is 7.77. The summed E-state index contributed by atoms with van der Waals surface area (Å²) in [5, 5.41) is 8.18. The average molecular weight is 339 g/mol. The third-order valence-corrected chi connectivity index (χ3v) is 4.78. The third-order valence-electron chi connectivity index (χ3n) is 4.78. The molecule has 0 spiro atoms. The van der Waals surface area contributed by atoms with Crippen LogP contribution in [0.3, 0.4) is 0 Å². The summed E-state index contributed by atoms with van der Waals surface area (Å²) in [7, 11) is 1.64. The van der Waals surface area contributed by atoms with Crippen molar-refractivity contribution in [1.82, 2.24) is 25.1 Å². The summed E-state index contributed by atoms with van der Waals surface area (Å²) in [5.41, 5.74) is 1.52. The highest BCUT2D eigenvalue weighted by atomic mass is 16.5. The van der Waals surface area contributed by atoms with Crippen LogP contribution in [-0.4, -0.2) is 38.7 Å². The Hall–Kier alpha value is -2.67. The second kappa shape index (κ2) is 6.33. The number of aromatic amines is 2. The van der Waals surface area contributed by atoms with Gasteiger partial charge in [-0.25, -0.2) is 4.98 Å². The zero-order chi connectivity index (χ0) is 17.4. The minimum atomic E-state index is -0.0468. The molecule has 0 amide bonds. The number of fused-ring (bicyclic) bond motifs is 1. The van der Waals surface area contributed by atoms with Crippen molar-refractivity contribution in [3.05, 3.63) is 51.8 Å². The second-order valence-corrected chi connectivity index (χ2v) is 6.48. The van der Waals surface area contributed by atoms with Gasteiger partial charge in [0.1, 0.15) is 11.6 Å². The van der Waals surface area contributed by atoms with E-state index in [1.165, 1.54) is 0 Å². The van der Waals surface area contributed by atoms with Crippen LogP contribution in [-0.2, 0) is 6.54 Å². The first-order valence-corrected chi connectivity index (χ1v) is 8.47. The standard InChI is InChI=1S/C18H21N5O2/c1-11-19-17(22-21-11)16-4-3-7-23(16)10-13-8-12-9-14(25-2)5-6-15(12)20-18(13)24/h5-6,8-9,16H,3-4,7,10H2,1-2H3,(H,20,24)(H,19,21,22)/t16-/m1/s1. The molecule has 1 aliphatic rings. The summed E-state index contributed by atoms with van der Waals surface area (Å²) < 4.78 is 5.28. The van der Waals surface area contributed by atoms with Crippen molar-refractivity contribution < 1.29 is 4.74 Å². The lowest BCUT2D eigenvalue weighted by Crippen LogP contribution is -2.27. The Morgan fingerprint density at radius 2 is 2.24 bits per heavy atom. The van der Waals surface area contributed by atoms with Crippen LogP contribution in [0.15, 0.2) is 29.1 Å². The number of likely N-dealkylation sites (tertiary alicyclic amines) is 1. The van der Waals surface area contributed by atoms with Gasteiger partial charge in [-0.1, -0.05) is 0 Å². The molecule has 1 aliphatic heterocycles. The number of benzene rings is 1. The fraction of sp³-hybridized carbons (Fsp3) is 0.389. The minimum absolute atomic E-state index is 0.0468. The number of nitrogens with zero attached hydrogens (tertiary/aromatic N) is 3. The van der Waals surface area contributed by atoms with Gasteiger partial charge in [0.15, 0.2) is 5.82 Å². The first-order valence-electron chi connectivity index (χ1n) is 8.47.